The predicted molar refractivity (Wildman–Crippen MR) is 104 cm³/mol. The number of imide groups is 1. The van der Waals surface area contributed by atoms with Crippen LogP contribution in [0.25, 0.3) is 11.0 Å². The number of carbonyl (C=O) groups excluding carboxylic acids is 2. The smallest absolute Gasteiger partial charge is 0.300 e. The first-order valence-electron chi connectivity index (χ1n) is 8.93. The fraction of sp³-hybridized carbons (Fsp3) is 0.316. The second-order valence-corrected chi connectivity index (χ2v) is 6.68. The number of anilines is 1. The van der Waals surface area contributed by atoms with Crippen molar-refractivity contribution in [3.63, 3.8) is 0 Å². The van der Waals surface area contributed by atoms with Crippen LogP contribution in [0.1, 0.15) is 36.1 Å². The number of rotatable bonds is 7. The van der Waals surface area contributed by atoms with Crippen molar-refractivity contribution in [3.05, 3.63) is 41.7 Å². The molecule has 10 heteroatoms. The molecule has 1 N–H and O–H groups in total. The number of hydrogen-bond donors (Lipinski definition) is 1. The zero-order chi connectivity index (χ0) is 21.1. The first kappa shape index (κ1) is 20.2. The summed E-state index contributed by atoms with van der Waals surface area (Å²) in [5.41, 5.74) is 1.26. The van der Waals surface area contributed by atoms with E-state index in [-0.39, 0.29) is 23.3 Å². The van der Waals surface area contributed by atoms with Crippen LogP contribution in [-0.4, -0.2) is 50.7 Å². The van der Waals surface area contributed by atoms with Crippen molar-refractivity contribution >= 4 is 29.0 Å². The minimum absolute atomic E-state index is 0.0343. The molecule has 9 nitrogen and oxygen atoms in total. The number of fused-ring (bicyclic) bond motifs is 1. The Kier molecular flexibility index (Phi) is 5.71. The van der Waals surface area contributed by atoms with Gasteiger partial charge in [-0.1, -0.05) is 0 Å². The fourth-order valence-corrected chi connectivity index (χ4v) is 2.79. The summed E-state index contributed by atoms with van der Waals surface area (Å²) in [5.74, 6) is -1.22. The van der Waals surface area contributed by atoms with Crippen molar-refractivity contribution in [3.8, 4) is 5.75 Å². The van der Waals surface area contributed by atoms with E-state index in [4.69, 9.17) is 4.74 Å². The van der Waals surface area contributed by atoms with E-state index in [1.54, 1.807) is 30.9 Å². The first-order valence-corrected chi connectivity index (χ1v) is 8.93. The van der Waals surface area contributed by atoms with Crippen molar-refractivity contribution in [2.75, 3.05) is 19.1 Å². The van der Waals surface area contributed by atoms with E-state index in [1.165, 1.54) is 12.3 Å². The first-order chi connectivity index (χ1) is 13.8. The third kappa shape index (κ3) is 4.00. The van der Waals surface area contributed by atoms with E-state index >= 15 is 0 Å². The van der Waals surface area contributed by atoms with Crippen molar-refractivity contribution in [1.29, 1.82) is 0 Å². The van der Waals surface area contributed by atoms with Gasteiger partial charge in [0.1, 0.15) is 17.3 Å². The molecular weight excluding hydrogens is 379 g/mol. The Balaban J connectivity index is 1.84. The van der Waals surface area contributed by atoms with Gasteiger partial charge in [0.15, 0.2) is 12.4 Å². The minimum atomic E-state index is -0.738. The summed E-state index contributed by atoms with van der Waals surface area (Å²) in [4.78, 5) is 33.2. The summed E-state index contributed by atoms with van der Waals surface area (Å²) in [5, 5.41) is 7.60. The standard InChI is InChI=1S/C19H21FN6O3/c1-11(2)26-18-13(8-23-26)7-22-17(24-18)19(28)25(9-27)10-29-15-6-12(3)5-14(20)16(15)21-4/h5-9,11,21H,10H2,1-4H3. The second-order valence-electron chi connectivity index (χ2n) is 6.68. The van der Waals surface area contributed by atoms with E-state index in [0.29, 0.717) is 23.0 Å². The van der Waals surface area contributed by atoms with Crippen molar-refractivity contribution < 1.29 is 18.7 Å². The lowest BCUT2D eigenvalue weighted by Crippen LogP contribution is -2.34. The zero-order valence-electron chi connectivity index (χ0n) is 16.5. The number of ether oxygens (including phenoxy) is 1. The van der Waals surface area contributed by atoms with Gasteiger partial charge in [0.05, 0.1) is 11.6 Å². The van der Waals surface area contributed by atoms with E-state index in [9.17, 15) is 14.0 Å². The number of benzene rings is 1. The molecule has 0 atom stereocenters. The monoisotopic (exact) mass is 400 g/mol. The summed E-state index contributed by atoms with van der Waals surface area (Å²) >= 11 is 0. The third-order valence-corrected chi connectivity index (χ3v) is 4.21. The van der Waals surface area contributed by atoms with Crippen LogP contribution in [0.2, 0.25) is 0 Å². The summed E-state index contributed by atoms with van der Waals surface area (Å²) in [6.07, 6.45) is 3.40. The SMILES string of the molecule is CNc1c(F)cc(C)cc1OCN(C=O)C(=O)c1ncc2cnn(C(C)C)c2n1. The molecule has 3 aromatic rings. The topological polar surface area (TPSA) is 102 Å². The van der Waals surface area contributed by atoms with Gasteiger partial charge in [-0.15, -0.1) is 0 Å². The van der Waals surface area contributed by atoms with Crippen LogP contribution in [0.5, 0.6) is 5.75 Å². The average Bonchev–Trinajstić information content (AvgIpc) is 3.11. The Labute approximate surface area is 166 Å². The molecule has 29 heavy (non-hydrogen) atoms. The molecular formula is C19H21FN6O3. The average molecular weight is 400 g/mol. The Morgan fingerprint density at radius 3 is 2.79 bits per heavy atom. The molecule has 0 unspecified atom stereocenters. The maximum absolute atomic E-state index is 14.0. The summed E-state index contributed by atoms with van der Waals surface area (Å²) < 4.78 is 21.2. The van der Waals surface area contributed by atoms with Gasteiger partial charge in [-0.25, -0.2) is 23.9 Å². The summed E-state index contributed by atoms with van der Waals surface area (Å²) in [7, 11) is 1.55. The number of aryl methyl sites for hydroxylation is 1. The molecule has 0 radical (unpaired) electrons. The van der Waals surface area contributed by atoms with Crippen LogP contribution in [0.4, 0.5) is 10.1 Å². The fourth-order valence-electron chi connectivity index (χ4n) is 2.79. The van der Waals surface area contributed by atoms with E-state index in [2.05, 4.69) is 20.4 Å². The molecule has 3 rings (SSSR count). The molecule has 152 valence electrons. The van der Waals surface area contributed by atoms with E-state index in [1.807, 2.05) is 13.8 Å². The van der Waals surface area contributed by atoms with Crippen LogP contribution < -0.4 is 10.1 Å². The van der Waals surface area contributed by atoms with Gasteiger partial charge >= 0.3 is 5.91 Å². The molecule has 0 aliphatic carbocycles. The van der Waals surface area contributed by atoms with Crippen molar-refractivity contribution in [2.45, 2.75) is 26.8 Å². The normalized spacial score (nSPS) is 11.0. The van der Waals surface area contributed by atoms with E-state index in [0.717, 1.165) is 4.90 Å². The lowest BCUT2D eigenvalue weighted by molar-refractivity contribution is -0.118. The van der Waals surface area contributed by atoms with Gasteiger partial charge in [0, 0.05) is 19.3 Å². The highest BCUT2D eigenvalue weighted by molar-refractivity contribution is 5.97. The van der Waals surface area contributed by atoms with Gasteiger partial charge in [0.25, 0.3) is 0 Å². The number of halogens is 1. The predicted octanol–water partition coefficient (Wildman–Crippen LogP) is 2.53. The maximum Gasteiger partial charge on any atom is 0.300 e. The molecule has 2 aromatic heterocycles. The Bertz CT molecular complexity index is 1070. The van der Waals surface area contributed by atoms with Crippen molar-refractivity contribution in [2.24, 2.45) is 0 Å². The van der Waals surface area contributed by atoms with Gasteiger partial charge in [-0.2, -0.15) is 5.10 Å². The Morgan fingerprint density at radius 1 is 1.38 bits per heavy atom. The van der Waals surface area contributed by atoms with Gasteiger partial charge in [-0.3, -0.25) is 9.59 Å². The van der Waals surface area contributed by atoms with E-state index < -0.39 is 18.5 Å². The second kappa shape index (κ2) is 8.21. The molecule has 0 fully saturated rings. The molecule has 1 aromatic carbocycles. The summed E-state index contributed by atoms with van der Waals surface area (Å²) in [6, 6.07) is 2.99. The van der Waals surface area contributed by atoms with Gasteiger partial charge < -0.3 is 10.1 Å². The van der Waals surface area contributed by atoms with Gasteiger partial charge in [-0.05, 0) is 38.5 Å². The number of amides is 2. The Hall–Kier alpha value is -3.56. The highest BCUT2D eigenvalue weighted by Gasteiger charge is 2.21. The number of nitrogens with zero attached hydrogens (tertiary/aromatic N) is 5. The molecule has 0 aliphatic heterocycles. The quantitative estimate of drug-likeness (QED) is 0.480. The molecule has 2 heterocycles. The van der Waals surface area contributed by atoms with Crippen LogP contribution in [0, 0.1) is 12.7 Å². The van der Waals surface area contributed by atoms with Crippen LogP contribution in [0.15, 0.2) is 24.5 Å². The molecule has 0 spiro atoms. The largest absolute Gasteiger partial charge is 0.470 e. The van der Waals surface area contributed by atoms with Crippen LogP contribution >= 0.6 is 0 Å². The molecule has 0 aliphatic rings. The van der Waals surface area contributed by atoms with Gasteiger partial charge in [0.2, 0.25) is 12.2 Å². The number of nitrogens with one attached hydrogen (secondary N) is 1. The third-order valence-electron chi connectivity index (χ3n) is 4.21. The molecule has 0 saturated carbocycles. The molecule has 0 bridgehead atoms. The number of aromatic nitrogens is 4. The highest BCUT2D eigenvalue weighted by atomic mass is 19.1. The van der Waals surface area contributed by atoms with Crippen LogP contribution in [0.3, 0.4) is 0 Å². The van der Waals surface area contributed by atoms with Crippen molar-refractivity contribution in [1.82, 2.24) is 24.6 Å². The molecule has 2 amide bonds. The highest BCUT2D eigenvalue weighted by Crippen LogP contribution is 2.29. The lowest BCUT2D eigenvalue weighted by atomic mass is 10.2. The number of hydrogen-bond acceptors (Lipinski definition) is 7. The molecule has 0 saturated heterocycles. The zero-order valence-corrected chi connectivity index (χ0v) is 16.5. The Morgan fingerprint density at radius 2 is 2.14 bits per heavy atom. The summed E-state index contributed by atoms with van der Waals surface area (Å²) in [6.45, 7) is 5.15. The maximum atomic E-state index is 14.0. The minimum Gasteiger partial charge on any atom is -0.470 e. The van der Waals surface area contributed by atoms with Crippen LogP contribution in [-0.2, 0) is 4.79 Å². The number of carbonyl (C=O) groups is 2. The lowest BCUT2D eigenvalue weighted by Gasteiger charge is -2.18.